The number of hydrogen-bond acceptors (Lipinski definition) is 4. The first-order valence-corrected chi connectivity index (χ1v) is 7.09. The van der Waals surface area contributed by atoms with E-state index in [0.29, 0.717) is 11.3 Å². The summed E-state index contributed by atoms with van der Waals surface area (Å²) >= 11 is 0. The largest absolute Gasteiger partial charge is 0.452 e. The molecule has 2 aromatic rings. The summed E-state index contributed by atoms with van der Waals surface area (Å²) in [6.45, 7) is 3.19. The Kier molecular flexibility index (Phi) is 4.95. The maximum Gasteiger partial charge on any atom is 0.338 e. The molecule has 2 amide bonds. The average Bonchev–Trinajstić information content (AvgIpc) is 2.94. The van der Waals surface area contributed by atoms with Gasteiger partial charge >= 0.3 is 5.97 Å². The second kappa shape index (κ2) is 6.91. The average molecular weight is 314 g/mol. The second-order valence-corrected chi connectivity index (χ2v) is 5.21. The van der Waals surface area contributed by atoms with Crippen molar-refractivity contribution in [2.75, 3.05) is 6.61 Å². The van der Waals surface area contributed by atoms with Gasteiger partial charge in [-0.05, 0) is 43.2 Å². The molecular weight excluding hydrogens is 296 g/mol. The number of nitrogens with zero attached hydrogens (tertiary/aromatic N) is 1. The summed E-state index contributed by atoms with van der Waals surface area (Å²) in [6.07, 6.45) is 1.69. The van der Waals surface area contributed by atoms with Crippen molar-refractivity contribution < 1.29 is 19.1 Å². The number of nitrogens with one attached hydrogen (secondary N) is 1. The molecule has 1 N–H and O–H groups in total. The molecule has 1 aromatic heterocycles. The molecule has 1 aromatic carbocycles. The molecule has 0 atom stereocenters. The molecule has 0 saturated carbocycles. The van der Waals surface area contributed by atoms with Gasteiger partial charge in [-0.15, -0.1) is 0 Å². The Morgan fingerprint density at radius 1 is 1.13 bits per heavy atom. The van der Waals surface area contributed by atoms with E-state index in [-0.39, 0.29) is 0 Å². The van der Waals surface area contributed by atoms with Crippen molar-refractivity contribution in [3.63, 3.8) is 0 Å². The molecule has 1 heterocycles. The summed E-state index contributed by atoms with van der Waals surface area (Å²) < 4.78 is 6.55. The number of carbonyl (C=O) groups is 3. The smallest absolute Gasteiger partial charge is 0.338 e. The van der Waals surface area contributed by atoms with Gasteiger partial charge in [0.25, 0.3) is 11.8 Å². The maximum absolute atomic E-state index is 12.0. The molecule has 0 aliphatic heterocycles. The van der Waals surface area contributed by atoms with Gasteiger partial charge in [0.15, 0.2) is 6.61 Å². The quantitative estimate of drug-likeness (QED) is 0.872. The van der Waals surface area contributed by atoms with E-state index in [4.69, 9.17) is 4.74 Å². The summed E-state index contributed by atoms with van der Waals surface area (Å²) in [5.74, 6) is -1.80. The first-order chi connectivity index (χ1) is 10.9. The van der Waals surface area contributed by atoms with Crippen LogP contribution in [0, 0.1) is 13.8 Å². The molecule has 0 aliphatic rings. The van der Waals surface area contributed by atoms with Gasteiger partial charge in [-0.2, -0.15) is 0 Å². The van der Waals surface area contributed by atoms with Crippen LogP contribution in [-0.2, 0) is 16.6 Å². The van der Waals surface area contributed by atoms with E-state index in [1.807, 2.05) is 19.9 Å². The van der Waals surface area contributed by atoms with Crippen molar-refractivity contribution in [2.24, 2.45) is 7.05 Å². The molecule has 0 unspecified atom stereocenters. The Morgan fingerprint density at radius 3 is 2.52 bits per heavy atom. The topological polar surface area (TPSA) is 77.4 Å². The van der Waals surface area contributed by atoms with Crippen molar-refractivity contribution in [3.05, 3.63) is 58.9 Å². The van der Waals surface area contributed by atoms with Gasteiger partial charge in [0.05, 0.1) is 5.56 Å². The number of hydrogen-bond donors (Lipinski definition) is 1. The third kappa shape index (κ3) is 3.85. The zero-order valence-corrected chi connectivity index (χ0v) is 13.3. The zero-order valence-electron chi connectivity index (χ0n) is 13.3. The Labute approximate surface area is 134 Å². The molecule has 2 rings (SSSR count). The van der Waals surface area contributed by atoms with E-state index >= 15 is 0 Å². The SMILES string of the molecule is Cc1cccc(C(=O)OCC(=O)NC(=O)c2cccn2C)c1C. The number of rotatable bonds is 4. The van der Waals surface area contributed by atoms with Gasteiger partial charge in [-0.25, -0.2) is 4.79 Å². The molecule has 0 spiro atoms. The van der Waals surface area contributed by atoms with Gasteiger partial charge in [-0.1, -0.05) is 12.1 Å². The molecule has 0 bridgehead atoms. The molecule has 0 saturated heterocycles. The normalized spacial score (nSPS) is 10.2. The van der Waals surface area contributed by atoms with Crippen LogP contribution in [0.25, 0.3) is 0 Å². The van der Waals surface area contributed by atoms with Crippen molar-refractivity contribution in [3.8, 4) is 0 Å². The van der Waals surface area contributed by atoms with Crippen LogP contribution in [0.2, 0.25) is 0 Å². The van der Waals surface area contributed by atoms with Crippen LogP contribution < -0.4 is 5.32 Å². The number of aromatic nitrogens is 1. The third-order valence-electron chi connectivity index (χ3n) is 3.59. The Bertz CT molecular complexity index is 762. The van der Waals surface area contributed by atoms with Gasteiger partial charge in [0.2, 0.25) is 0 Å². The van der Waals surface area contributed by atoms with Crippen LogP contribution in [0.4, 0.5) is 0 Å². The maximum atomic E-state index is 12.0. The predicted octanol–water partition coefficient (Wildman–Crippen LogP) is 1.76. The molecule has 0 aliphatic carbocycles. The highest BCUT2D eigenvalue weighted by Crippen LogP contribution is 2.13. The Balaban J connectivity index is 1.92. The summed E-state index contributed by atoms with van der Waals surface area (Å²) in [4.78, 5) is 35.6. The summed E-state index contributed by atoms with van der Waals surface area (Å²) in [5.41, 5.74) is 2.52. The monoisotopic (exact) mass is 314 g/mol. The highest BCUT2D eigenvalue weighted by atomic mass is 16.5. The van der Waals surface area contributed by atoms with Crippen molar-refractivity contribution in [1.29, 1.82) is 0 Å². The Hall–Kier alpha value is -2.89. The molecular formula is C17H18N2O4. The fourth-order valence-electron chi connectivity index (χ4n) is 2.10. The number of amides is 2. The van der Waals surface area contributed by atoms with Crippen LogP contribution in [0.3, 0.4) is 0 Å². The first kappa shape index (κ1) is 16.5. The molecule has 0 fully saturated rings. The van der Waals surface area contributed by atoms with E-state index in [1.165, 1.54) is 0 Å². The summed E-state index contributed by atoms with van der Waals surface area (Å²) in [5, 5.41) is 2.18. The molecule has 0 radical (unpaired) electrons. The van der Waals surface area contributed by atoms with E-state index in [0.717, 1.165) is 11.1 Å². The number of benzene rings is 1. The number of aryl methyl sites for hydroxylation is 2. The molecule has 6 nitrogen and oxygen atoms in total. The molecule has 120 valence electrons. The number of ether oxygens (including phenoxy) is 1. The highest BCUT2D eigenvalue weighted by molar-refractivity contribution is 6.04. The number of imide groups is 1. The highest BCUT2D eigenvalue weighted by Gasteiger charge is 2.16. The summed E-state index contributed by atoms with van der Waals surface area (Å²) in [6, 6.07) is 8.55. The van der Waals surface area contributed by atoms with Crippen LogP contribution >= 0.6 is 0 Å². The fourth-order valence-corrected chi connectivity index (χ4v) is 2.10. The van der Waals surface area contributed by atoms with Gasteiger partial charge in [0, 0.05) is 13.2 Å². The lowest BCUT2D eigenvalue weighted by Crippen LogP contribution is -2.35. The van der Waals surface area contributed by atoms with Crippen molar-refractivity contribution in [1.82, 2.24) is 9.88 Å². The number of esters is 1. The third-order valence-corrected chi connectivity index (χ3v) is 3.59. The Morgan fingerprint density at radius 2 is 1.87 bits per heavy atom. The zero-order chi connectivity index (χ0) is 17.0. The molecule has 6 heteroatoms. The van der Waals surface area contributed by atoms with E-state index in [1.54, 1.807) is 42.1 Å². The standard InChI is InChI=1S/C17H18N2O4/c1-11-6-4-7-13(12(11)2)17(22)23-10-15(20)18-16(21)14-8-5-9-19(14)3/h4-9H,10H2,1-3H3,(H,18,20,21). The minimum Gasteiger partial charge on any atom is -0.452 e. The van der Waals surface area contributed by atoms with E-state index in [2.05, 4.69) is 5.32 Å². The van der Waals surface area contributed by atoms with Gasteiger partial charge < -0.3 is 9.30 Å². The minimum absolute atomic E-state index is 0.346. The van der Waals surface area contributed by atoms with Gasteiger partial charge in [0.1, 0.15) is 5.69 Å². The van der Waals surface area contributed by atoms with Crippen molar-refractivity contribution in [2.45, 2.75) is 13.8 Å². The fraction of sp³-hybridized carbons (Fsp3) is 0.235. The van der Waals surface area contributed by atoms with Gasteiger partial charge in [-0.3, -0.25) is 14.9 Å². The van der Waals surface area contributed by atoms with Crippen LogP contribution in [0.15, 0.2) is 36.5 Å². The lowest BCUT2D eigenvalue weighted by atomic mass is 10.0. The lowest BCUT2D eigenvalue weighted by molar-refractivity contribution is -0.123. The van der Waals surface area contributed by atoms with E-state index < -0.39 is 24.4 Å². The predicted molar refractivity (Wildman–Crippen MR) is 84.1 cm³/mol. The van der Waals surface area contributed by atoms with Crippen LogP contribution in [0.5, 0.6) is 0 Å². The van der Waals surface area contributed by atoms with Crippen LogP contribution in [-0.4, -0.2) is 29.0 Å². The minimum atomic E-state index is -0.671. The van der Waals surface area contributed by atoms with Crippen LogP contribution in [0.1, 0.15) is 32.0 Å². The van der Waals surface area contributed by atoms with Crippen molar-refractivity contribution >= 4 is 17.8 Å². The van der Waals surface area contributed by atoms with E-state index in [9.17, 15) is 14.4 Å². The molecule has 23 heavy (non-hydrogen) atoms. The first-order valence-electron chi connectivity index (χ1n) is 7.09. The summed E-state index contributed by atoms with van der Waals surface area (Å²) in [7, 11) is 1.69. The number of carbonyl (C=O) groups excluding carboxylic acids is 3. The lowest BCUT2D eigenvalue weighted by Gasteiger charge is -2.09. The second-order valence-electron chi connectivity index (χ2n) is 5.21.